The monoisotopic (exact) mass is 294 g/mol. The van der Waals surface area contributed by atoms with E-state index in [2.05, 4.69) is 29.2 Å². The van der Waals surface area contributed by atoms with Crippen molar-refractivity contribution in [2.45, 2.75) is 53.4 Å². The summed E-state index contributed by atoms with van der Waals surface area (Å²) < 4.78 is 5.80. The molecule has 0 aliphatic heterocycles. The molecule has 0 radical (unpaired) electrons. The van der Waals surface area contributed by atoms with Crippen molar-refractivity contribution in [1.29, 1.82) is 0 Å². The summed E-state index contributed by atoms with van der Waals surface area (Å²) in [4.78, 5) is 0. The average molecular weight is 294 g/mol. The van der Waals surface area contributed by atoms with Crippen LogP contribution >= 0.6 is 0 Å². The van der Waals surface area contributed by atoms with Gasteiger partial charge in [-0.15, -0.1) is 5.10 Å². The van der Waals surface area contributed by atoms with E-state index in [4.69, 9.17) is 15.7 Å². The zero-order valence-electron chi connectivity index (χ0n) is 13.4. The second-order valence-corrected chi connectivity index (χ2v) is 5.30. The van der Waals surface area contributed by atoms with Crippen molar-refractivity contribution in [3.63, 3.8) is 0 Å². The minimum absolute atomic E-state index is 0.00195. The maximum absolute atomic E-state index is 8.93. The fourth-order valence-electron chi connectivity index (χ4n) is 2.13. The summed E-state index contributed by atoms with van der Waals surface area (Å²) in [5, 5.41) is 20.1. The first-order valence-corrected chi connectivity index (χ1v) is 7.49. The van der Waals surface area contributed by atoms with Crippen LogP contribution in [0, 0.1) is 19.8 Å². The summed E-state index contributed by atoms with van der Waals surface area (Å²) in [6.07, 6.45) is 4.55. The third kappa shape index (κ3) is 4.58. The highest BCUT2D eigenvalue weighted by Gasteiger charge is 2.18. The van der Waals surface area contributed by atoms with Crippen molar-refractivity contribution in [2.24, 2.45) is 16.8 Å². The van der Waals surface area contributed by atoms with Gasteiger partial charge in [-0.25, -0.2) is 0 Å². The van der Waals surface area contributed by atoms with Crippen LogP contribution in [-0.2, 0) is 0 Å². The number of hydrogen-bond donors (Lipinski definition) is 2. The van der Waals surface area contributed by atoms with Gasteiger partial charge in [0.05, 0.1) is 17.9 Å². The van der Waals surface area contributed by atoms with E-state index in [0.29, 0.717) is 24.0 Å². The first-order chi connectivity index (χ1) is 10.0. The van der Waals surface area contributed by atoms with Gasteiger partial charge >= 0.3 is 0 Å². The normalized spacial score (nSPS) is 13.2. The van der Waals surface area contributed by atoms with Crippen molar-refractivity contribution < 1.29 is 9.94 Å². The molecule has 6 nitrogen and oxygen atoms in total. The molecule has 0 aliphatic rings. The van der Waals surface area contributed by atoms with E-state index in [1.54, 1.807) is 0 Å². The van der Waals surface area contributed by atoms with Gasteiger partial charge in [-0.2, -0.15) is 5.10 Å². The number of amidine groups is 1. The molecule has 0 spiro atoms. The van der Waals surface area contributed by atoms with E-state index in [9.17, 15) is 0 Å². The summed E-state index contributed by atoms with van der Waals surface area (Å²) >= 11 is 0. The summed E-state index contributed by atoms with van der Waals surface area (Å²) in [6, 6.07) is 0. The maximum atomic E-state index is 8.93. The molecule has 1 heterocycles. The van der Waals surface area contributed by atoms with Crippen molar-refractivity contribution >= 4 is 5.84 Å². The highest BCUT2D eigenvalue weighted by Crippen LogP contribution is 2.22. The largest absolute Gasteiger partial charge is 0.476 e. The van der Waals surface area contributed by atoms with Crippen LogP contribution in [0.1, 0.15) is 56.4 Å². The average Bonchev–Trinajstić information content (AvgIpc) is 2.50. The van der Waals surface area contributed by atoms with Crippen LogP contribution in [0.4, 0.5) is 0 Å². The number of rotatable bonds is 8. The Bertz CT molecular complexity index is 489. The van der Waals surface area contributed by atoms with Gasteiger partial charge in [0, 0.05) is 0 Å². The highest BCUT2D eigenvalue weighted by atomic mass is 16.5. The lowest BCUT2D eigenvalue weighted by Gasteiger charge is -2.17. The van der Waals surface area contributed by atoms with Crippen LogP contribution in [-0.4, -0.2) is 27.8 Å². The molecule has 0 fully saturated rings. The predicted molar refractivity (Wildman–Crippen MR) is 82.8 cm³/mol. The van der Waals surface area contributed by atoms with Gasteiger partial charge < -0.3 is 15.7 Å². The van der Waals surface area contributed by atoms with E-state index >= 15 is 0 Å². The van der Waals surface area contributed by atoms with E-state index in [-0.39, 0.29) is 5.84 Å². The molecule has 0 saturated carbocycles. The third-order valence-corrected chi connectivity index (χ3v) is 3.79. The predicted octanol–water partition coefficient (Wildman–Crippen LogP) is 2.78. The molecule has 6 heteroatoms. The van der Waals surface area contributed by atoms with Crippen molar-refractivity contribution in [3.8, 4) is 5.88 Å². The molecule has 118 valence electrons. The lowest BCUT2D eigenvalue weighted by molar-refractivity contribution is 0.223. The van der Waals surface area contributed by atoms with Crippen molar-refractivity contribution in [1.82, 2.24) is 10.2 Å². The maximum Gasteiger partial charge on any atom is 0.244 e. The van der Waals surface area contributed by atoms with Gasteiger partial charge in [-0.05, 0) is 31.7 Å². The minimum Gasteiger partial charge on any atom is -0.476 e. The van der Waals surface area contributed by atoms with Crippen molar-refractivity contribution in [3.05, 3.63) is 16.8 Å². The van der Waals surface area contributed by atoms with Crippen LogP contribution in [0.15, 0.2) is 5.16 Å². The van der Waals surface area contributed by atoms with Crippen LogP contribution in [0.2, 0.25) is 0 Å². The standard InChI is InChI=1S/C15H26N4O2/c1-5-7-8-12(6-2)9-21-15-13(14(16)19-20)10(3)11(4)17-18-15/h12,20H,5-9H2,1-4H3,(H2,16,19). The van der Waals surface area contributed by atoms with E-state index < -0.39 is 0 Å². The van der Waals surface area contributed by atoms with Gasteiger partial charge in [0.15, 0.2) is 5.84 Å². The fourth-order valence-corrected chi connectivity index (χ4v) is 2.13. The Morgan fingerprint density at radius 2 is 2.05 bits per heavy atom. The molecule has 21 heavy (non-hydrogen) atoms. The summed E-state index contributed by atoms with van der Waals surface area (Å²) in [5.74, 6) is 0.818. The van der Waals surface area contributed by atoms with E-state index in [1.165, 1.54) is 12.8 Å². The first-order valence-electron chi connectivity index (χ1n) is 7.49. The highest BCUT2D eigenvalue weighted by molar-refractivity contribution is 6.00. The second-order valence-electron chi connectivity index (χ2n) is 5.30. The molecule has 0 amide bonds. The zero-order chi connectivity index (χ0) is 15.8. The van der Waals surface area contributed by atoms with Crippen LogP contribution in [0.25, 0.3) is 0 Å². The van der Waals surface area contributed by atoms with Gasteiger partial charge in [-0.3, -0.25) is 0 Å². The lowest BCUT2D eigenvalue weighted by atomic mass is 10.0. The van der Waals surface area contributed by atoms with Gasteiger partial charge in [0.1, 0.15) is 0 Å². The summed E-state index contributed by atoms with van der Waals surface area (Å²) in [7, 11) is 0. The number of unbranched alkanes of at least 4 members (excludes halogenated alkanes) is 1. The molecular formula is C15H26N4O2. The molecule has 1 aromatic rings. The Kier molecular flexibility index (Phi) is 6.91. The Morgan fingerprint density at radius 3 is 2.62 bits per heavy atom. The van der Waals surface area contributed by atoms with Gasteiger partial charge in [0.25, 0.3) is 0 Å². The molecule has 0 saturated heterocycles. The molecule has 1 unspecified atom stereocenters. The number of ether oxygens (including phenoxy) is 1. The Hall–Kier alpha value is -1.85. The topological polar surface area (TPSA) is 93.6 Å². The molecular weight excluding hydrogens is 268 g/mol. The molecule has 3 N–H and O–H groups in total. The van der Waals surface area contributed by atoms with Crippen LogP contribution < -0.4 is 10.5 Å². The number of nitrogens with two attached hydrogens (primary N) is 1. The van der Waals surface area contributed by atoms with Crippen LogP contribution in [0.3, 0.4) is 0 Å². The molecule has 0 aromatic carbocycles. The van der Waals surface area contributed by atoms with Crippen LogP contribution in [0.5, 0.6) is 5.88 Å². The summed E-state index contributed by atoms with van der Waals surface area (Å²) in [5.41, 5.74) is 7.81. The zero-order valence-corrected chi connectivity index (χ0v) is 13.4. The first kappa shape index (κ1) is 17.2. The quantitative estimate of drug-likeness (QED) is 0.333. The number of aromatic nitrogens is 2. The Balaban J connectivity index is 2.90. The van der Waals surface area contributed by atoms with Crippen molar-refractivity contribution in [2.75, 3.05) is 6.61 Å². The number of hydrogen-bond acceptors (Lipinski definition) is 5. The minimum atomic E-state index is 0.00195. The molecule has 1 aromatic heterocycles. The Labute approximate surface area is 126 Å². The van der Waals surface area contributed by atoms with E-state index in [0.717, 1.165) is 24.1 Å². The second kappa shape index (κ2) is 8.44. The molecule has 1 rings (SSSR count). The number of aryl methyl sites for hydroxylation is 1. The number of nitrogens with zero attached hydrogens (tertiary/aromatic N) is 3. The van der Waals surface area contributed by atoms with Gasteiger partial charge in [0.2, 0.25) is 5.88 Å². The Morgan fingerprint density at radius 1 is 1.33 bits per heavy atom. The molecule has 1 atom stereocenters. The fraction of sp³-hybridized carbons (Fsp3) is 0.667. The molecule has 0 bridgehead atoms. The smallest absolute Gasteiger partial charge is 0.244 e. The van der Waals surface area contributed by atoms with Gasteiger partial charge in [-0.1, -0.05) is 38.3 Å². The lowest BCUT2D eigenvalue weighted by Crippen LogP contribution is -2.20. The van der Waals surface area contributed by atoms with E-state index in [1.807, 2.05) is 13.8 Å². The SMILES string of the molecule is CCCCC(CC)COc1nnc(C)c(C)c1/C(N)=N/O. The summed E-state index contributed by atoms with van der Waals surface area (Å²) in [6.45, 7) is 8.59. The third-order valence-electron chi connectivity index (χ3n) is 3.79. The molecule has 0 aliphatic carbocycles. The number of oxime groups is 1.